The van der Waals surface area contributed by atoms with Crippen LogP contribution in [0.4, 0.5) is 0 Å². The fraction of sp³-hybridized carbons (Fsp3) is 0.400. The first-order chi connectivity index (χ1) is 12.4. The second kappa shape index (κ2) is 7.33. The Morgan fingerprint density at radius 2 is 2.08 bits per heavy atom. The maximum atomic E-state index is 9.60. The Balaban J connectivity index is 1.58. The molecule has 0 saturated carbocycles. The van der Waals surface area contributed by atoms with E-state index < -0.39 is 0 Å². The van der Waals surface area contributed by atoms with Crippen molar-refractivity contribution in [1.82, 2.24) is 19.4 Å². The maximum absolute atomic E-state index is 9.60. The second-order valence-electron chi connectivity index (χ2n) is 6.71. The van der Waals surface area contributed by atoms with Gasteiger partial charge in [0.05, 0.1) is 6.61 Å². The molecule has 0 bridgehead atoms. The Morgan fingerprint density at radius 1 is 1.12 bits per heavy atom. The molecule has 3 heterocycles. The summed E-state index contributed by atoms with van der Waals surface area (Å²) >= 11 is 0. The van der Waals surface area contributed by atoms with Gasteiger partial charge in [-0.05, 0) is 30.8 Å². The van der Waals surface area contributed by atoms with Gasteiger partial charge in [0.2, 0.25) is 0 Å². The zero-order chi connectivity index (χ0) is 17.1. The van der Waals surface area contributed by atoms with Gasteiger partial charge in [-0.15, -0.1) is 0 Å². The van der Waals surface area contributed by atoms with Gasteiger partial charge in [0.25, 0.3) is 0 Å². The van der Waals surface area contributed by atoms with Gasteiger partial charge in [-0.3, -0.25) is 9.88 Å². The van der Waals surface area contributed by atoms with E-state index in [-0.39, 0.29) is 6.61 Å². The molecule has 0 spiro atoms. The number of rotatable bonds is 5. The lowest BCUT2D eigenvalue weighted by Gasteiger charge is -2.34. The van der Waals surface area contributed by atoms with Crippen molar-refractivity contribution in [3.63, 3.8) is 0 Å². The van der Waals surface area contributed by atoms with Gasteiger partial charge in [-0.1, -0.05) is 24.6 Å². The number of aromatic nitrogens is 3. The van der Waals surface area contributed by atoms with Crippen LogP contribution in [0.15, 0.2) is 49.1 Å². The van der Waals surface area contributed by atoms with E-state index in [9.17, 15) is 5.11 Å². The molecule has 1 N–H and O–H groups in total. The van der Waals surface area contributed by atoms with E-state index in [1.807, 2.05) is 24.8 Å². The zero-order valence-corrected chi connectivity index (χ0v) is 14.4. The first-order valence-electron chi connectivity index (χ1n) is 9.06. The minimum Gasteiger partial charge on any atom is -0.395 e. The third-order valence-electron chi connectivity index (χ3n) is 5.23. The fourth-order valence-corrected chi connectivity index (χ4v) is 3.85. The Morgan fingerprint density at radius 3 is 3.00 bits per heavy atom. The summed E-state index contributed by atoms with van der Waals surface area (Å²) in [5, 5.41) is 11.9. The highest BCUT2D eigenvalue weighted by molar-refractivity contribution is 5.94. The summed E-state index contributed by atoms with van der Waals surface area (Å²) in [6, 6.07) is 8.63. The molecule has 1 aromatic carbocycles. The summed E-state index contributed by atoms with van der Waals surface area (Å²) in [4.78, 5) is 11.2. The molecule has 0 amide bonds. The van der Waals surface area contributed by atoms with Crippen LogP contribution < -0.4 is 0 Å². The van der Waals surface area contributed by atoms with E-state index >= 15 is 0 Å². The summed E-state index contributed by atoms with van der Waals surface area (Å²) in [5.41, 5.74) is 1.14. The Hall–Kier alpha value is -2.24. The predicted octanol–water partition coefficient (Wildman–Crippen LogP) is 2.95. The lowest BCUT2D eigenvalue weighted by molar-refractivity contribution is 0.0873. The summed E-state index contributed by atoms with van der Waals surface area (Å²) in [6.45, 7) is 3.16. The summed E-state index contributed by atoms with van der Waals surface area (Å²) in [6.07, 6.45) is 11.2. The van der Waals surface area contributed by atoms with Gasteiger partial charge in [-0.25, -0.2) is 4.98 Å². The van der Waals surface area contributed by atoms with Crippen molar-refractivity contribution in [1.29, 1.82) is 0 Å². The van der Waals surface area contributed by atoms with Crippen LogP contribution in [0.3, 0.4) is 0 Å². The molecule has 1 fully saturated rings. The molecule has 3 aromatic rings. The third-order valence-corrected chi connectivity index (χ3v) is 5.23. The second-order valence-corrected chi connectivity index (χ2v) is 6.71. The standard InChI is InChI=1S/C20H24N4O/c25-15-17-5-1-2-10-23(17)12-13-24-11-9-22-20(24)19-6-3-4-16-14-21-8-7-18(16)19/h3-4,6-9,11,14,17,25H,1-2,5,10,12-13,15H2/t17-/m1/s1. The van der Waals surface area contributed by atoms with Crippen molar-refractivity contribution >= 4 is 10.8 Å². The number of fused-ring (bicyclic) bond motifs is 1. The van der Waals surface area contributed by atoms with E-state index in [1.54, 1.807) is 0 Å². The van der Waals surface area contributed by atoms with Crippen LogP contribution in [-0.4, -0.2) is 50.3 Å². The molecule has 130 valence electrons. The molecular formula is C20H24N4O. The van der Waals surface area contributed by atoms with Crippen molar-refractivity contribution in [2.24, 2.45) is 0 Å². The first kappa shape index (κ1) is 16.2. The number of hydrogen-bond donors (Lipinski definition) is 1. The van der Waals surface area contributed by atoms with Crippen molar-refractivity contribution < 1.29 is 5.11 Å². The van der Waals surface area contributed by atoms with Crippen LogP contribution in [0, 0.1) is 0 Å². The van der Waals surface area contributed by atoms with Crippen molar-refractivity contribution in [3.05, 3.63) is 49.1 Å². The van der Waals surface area contributed by atoms with Crippen LogP contribution >= 0.6 is 0 Å². The van der Waals surface area contributed by atoms with Gasteiger partial charge in [-0.2, -0.15) is 0 Å². The quantitative estimate of drug-likeness (QED) is 0.778. The van der Waals surface area contributed by atoms with Crippen molar-refractivity contribution in [3.8, 4) is 11.4 Å². The monoisotopic (exact) mass is 336 g/mol. The first-order valence-corrected chi connectivity index (χ1v) is 9.06. The fourth-order valence-electron chi connectivity index (χ4n) is 3.85. The van der Waals surface area contributed by atoms with Crippen molar-refractivity contribution in [2.45, 2.75) is 31.8 Å². The molecular weight excluding hydrogens is 312 g/mol. The highest BCUT2D eigenvalue weighted by Crippen LogP contribution is 2.27. The summed E-state index contributed by atoms with van der Waals surface area (Å²) < 4.78 is 2.22. The highest BCUT2D eigenvalue weighted by atomic mass is 16.3. The number of likely N-dealkylation sites (tertiary alicyclic amines) is 1. The Labute approximate surface area is 147 Å². The molecule has 5 heteroatoms. The van der Waals surface area contributed by atoms with Gasteiger partial charge in [0.15, 0.2) is 0 Å². The minimum absolute atomic E-state index is 0.257. The average molecular weight is 336 g/mol. The normalized spacial score (nSPS) is 18.7. The summed E-state index contributed by atoms with van der Waals surface area (Å²) in [5.74, 6) is 0.995. The van der Waals surface area contributed by atoms with Gasteiger partial charge < -0.3 is 9.67 Å². The zero-order valence-electron chi connectivity index (χ0n) is 14.4. The van der Waals surface area contributed by atoms with E-state index in [4.69, 9.17) is 0 Å². The lowest BCUT2D eigenvalue weighted by Crippen LogP contribution is -2.43. The number of pyridine rings is 1. The molecule has 1 aliphatic rings. The Kier molecular flexibility index (Phi) is 4.76. The molecule has 5 nitrogen and oxygen atoms in total. The maximum Gasteiger partial charge on any atom is 0.140 e. The molecule has 4 rings (SSSR count). The number of piperidine rings is 1. The SMILES string of the molecule is OC[C@H]1CCCCN1CCn1ccnc1-c1cccc2cnccc12. The third kappa shape index (κ3) is 3.30. The molecule has 0 unspecified atom stereocenters. The van der Waals surface area contributed by atoms with Gasteiger partial charge >= 0.3 is 0 Å². The summed E-state index contributed by atoms with van der Waals surface area (Å²) in [7, 11) is 0. The number of nitrogens with zero attached hydrogens (tertiary/aromatic N) is 4. The number of hydrogen-bond acceptors (Lipinski definition) is 4. The van der Waals surface area contributed by atoms with Crippen LogP contribution in [0.25, 0.3) is 22.2 Å². The van der Waals surface area contributed by atoms with E-state index in [0.717, 1.165) is 42.8 Å². The molecule has 1 saturated heterocycles. The topological polar surface area (TPSA) is 54.2 Å². The molecule has 0 radical (unpaired) electrons. The molecule has 0 aliphatic carbocycles. The van der Waals surface area contributed by atoms with E-state index in [0.29, 0.717) is 6.04 Å². The van der Waals surface area contributed by atoms with Crippen LogP contribution in [0.1, 0.15) is 19.3 Å². The minimum atomic E-state index is 0.257. The van der Waals surface area contributed by atoms with Crippen LogP contribution in [0.2, 0.25) is 0 Å². The highest BCUT2D eigenvalue weighted by Gasteiger charge is 2.21. The number of aliphatic hydroxyl groups is 1. The molecule has 2 aromatic heterocycles. The lowest BCUT2D eigenvalue weighted by atomic mass is 10.0. The number of imidazole rings is 1. The molecule has 1 atom stereocenters. The predicted molar refractivity (Wildman–Crippen MR) is 99.3 cm³/mol. The largest absolute Gasteiger partial charge is 0.395 e. The van der Waals surface area contributed by atoms with Crippen LogP contribution in [-0.2, 0) is 6.54 Å². The smallest absolute Gasteiger partial charge is 0.140 e. The molecule has 1 aliphatic heterocycles. The number of benzene rings is 1. The van der Waals surface area contributed by atoms with Crippen LogP contribution in [0.5, 0.6) is 0 Å². The number of aliphatic hydroxyl groups excluding tert-OH is 1. The Bertz CT molecular complexity index is 839. The van der Waals surface area contributed by atoms with Crippen molar-refractivity contribution in [2.75, 3.05) is 19.7 Å². The van der Waals surface area contributed by atoms with Gasteiger partial charge in [0.1, 0.15) is 5.82 Å². The average Bonchev–Trinajstić information content (AvgIpc) is 3.14. The van der Waals surface area contributed by atoms with Gasteiger partial charge in [0, 0.05) is 54.9 Å². The van der Waals surface area contributed by atoms with E-state index in [1.165, 1.54) is 18.2 Å². The molecule has 25 heavy (non-hydrogen) atoms. The van der Waals surface area contributed by atoms with E-state index in [2.05, 4.69) is 43.7 Å².